The van der Waals surface area contributed by atoms with Crippen LogP contribution < -0.4 is 4.90 Å². The van der Waals surface area contributed by atoms with Crippen molar-refractivity contribution in [3.8, 4) is 0 Å². The van der Waals surface area contributed by atoms with Crippen molar-refractivity contribution in [1.29, 1.82) is 0 Å². The molecule has 0 saturated heterocycles. The number of rotatable bonds is 6. The number of nitrogens with zero attached hydrogens (tertiary/aromatic N) is 4. The van der Waals surface area contributed by atoms with Gasteiger partial charge in [-0.05, 0) is 34.9 Å². The van der Waals surface area contributed by atoms with Crippen LogP contribution in [0.4, 0.5) is 0 Å². The summed E-state index contributed by atoms with van der Waals surface area (Å²) in [5, 5.41) is 13.0. The lowest BCUT2D eigenvalue weighted by molar-refractivity contribution is -0.941. The molecule has 2 heterocycles. The number of aryl methyl sites for hydroxylation is 3. The van der Waals surface area contributed by atoms with E-state index in [-0.39, 0.29) is 6.04 Å². The van der Waals surface area contributed by atoms with Gasteiger partial charge >= 0.3 is 0 Å². The van der Waals surface area contributed by atoms with E-state index in [0.29, 0.717) is 0 Å². The number of benzene rings is 3. The molecule has 0 fully saturated rings. The van der Waals surface area contributed by atoms with Crippen molar-refractivity contribution in [3.63, 3.8) is 0 Å². The van der Waals surface area contributed by atoms with Crippen molar-refractivity contribution < 1.29 is 4.90 Å². The Hall–Kier alpha value is -3.31. The average Bonchev–Trinajstić information content (AvgIpc) is 3.28. The fraction of sp³-hybridized carbons (Fsp3) is 0.269. The van der Waals surface area contributed by atoms with E-state index in [4.69, 9.17) is 0 Å². The van der Waals surface area contributed by atoms with Gasteiger partial charge in [-0.3, -0.25) is 0 Å². The average molecular weight is 411 g/mol. The molecule has 156 valence electrons. The minimum atomic E-state index is 0.111. The van der Waals surface area contributed by atoms with Gasteiger partial charge in [0.25, 0.3) is 0 Å². The zero-order chi connectivity index (χ0) is 21.0. The molecule has 1 aliphatic rings. The molecule has 31 heavy (non-hydrogen) atoms. The van der Waals surface area contributed by atoms with Crippen molar-refractivity contribution >= 4 is 0 Å². The number of hydrogen-bond donors (Lipinski definition) is 1. The van der Waals surface area contributed by atoms with E-state index in [1.807, 2.05) is 4.68 Å². The first kappa shape index (κ1) is 19.6. The number of nitrogens with one attached hydrogen (secondary N) is 1. The quantitative estimate of drug-likeness (QED) is 0.532. The lowest BCUT2D eigenvalue weighted by Gasteiger charge is -2.32. The third kappa shape index (κ3) is 4.28. The summed E-state index contributed by atoms with van der Waals surface area (Å²) in [5.41, 5.74) is 6.75. The van der Waals surface area contributed by atoms with Crippen molar-refractivity contribution in [2.75, 3.05) is 6.54 Å². The fourth-order valence-corrected chi connectivity index (χ4v) is 4.63. The molecule has 0 aliphatic carbocycles. The summed E-state index contributed by atoms with van der Waals surface area (Å²) >= 11 is 0. The molecule has 1 unspecified atom stereocenters. The highest BCUT2D eigenvalue weighted by atomic mass is 15.5. The molecular weight excluding hydrogens is 382 g/mol. The van der Waals surface area contributed by atoms with Crippen LogP contribution in [0, 0.1) is 6.92 Å². The molecule has 3 aromatic carbocycles. The Labute approximate surface area is 183 Å². The van der Waals surface area contributed by atoms with Gasteiger partial charge in [0.15, 0.2) is 6.04 Å². The van der Waals surface area contributed by atoms with E-state index < -0.39 is 0 Å². The maximum absolute atomic E-state index is 4.54. The Balaban J connectivity index is 1.47. The molecule has 1 N–H and O–H groups in total. The highest BCUT2D eigenvalue weighted by molar-refractivity contribution is 5.29. The monoisotopic (exact) mass is 410 g/mol. The van der Waals surface area contributed by atoms with Crippen molar-refractivity contribution in [2.24, 2.45) is 0 Å². The molecule has 0 amide bonds. The first-order valence-corrected chi connectivity index (χ1v) is 11.1. The van der Waals surface area contributed by atoms with Crippen LogP contribution in [0.5, 0.6) is 0 Å². The van der Waals surface area contributed by atoms with E-state index in [0.717, 1.165) is 38.3 Å². The second-order valence-electron chi connectivity index (χ2n) is 8.44. The van der Waals surface area contributed by atoms with Crippen molar-refractivity contribution in [3.05, 3.63) is 113 Å². The summed E-state index contributed by atoms with van der Waals surface area (Å²) in [7, 11) is 0. The molecule has 5 nitrogen and oxygen atoms in total. The van der Waals surface area contributed by atoms with Gasteiger partial charge in [0.1, 0.15) is 6.54 Å². The molecule has 1 aromatic heterocycles. The minimum absolute atomic E-state index is 0.111. The molecule has 5 heteroatoms. The molecule has 5 rings (SSSR count). The van der Waals surface area contributed by atoms with Crippen LogP contribution in [-0.2, 0) is 25.9 Å². The molecule has 0 radical (unpaired) electrons. The predicted molar refractivity (Wildman–Crippen MR) is 121 cm³/mol. The number of fused-ring (bicyclic) bond motifs is 1. The third-order valence-corrected chi connectivity index (χ3v) is 6.34. The summed E-state index contributed by atoms with van der Waals surface area (Å²) in [6.07, 6.45) is 2.00. The number of hydrogen-bond acceptors (Lipinski definition) is 3. The zero-order valence-corrected chi connectivity index (χ0v) is 17.9. The number of aromatic nitrogens is 4. The third-order valence-electron chi connectivity index (χ3n) is 6.34. The second kappa shape index (κ2) is 8.82. The van der Waals surface area contributed by atoms with Gasteiger partial charge in [-0.2, -0.15) is 0 Å². The summed E-state index contributed by atoms with van der Waals surface area (Å²) < 4.78 is 2.00. The summed E-state index contributed by atoms with van der Waals surface area (Å²) in [4.78, 5) is 1.50. The van der Waals surface area contributed by atoms with Gasteiger partial charge in [-0.15, -0.1) is 5.10 Å². The SMILES string of the molecule is Cc1ccc([C@@H](c2nnnn2CCc2ccccc2)[NH+]2CCc3ccccc3C2)cc1. The predicted octanol–water partition coefficient (Wildman–Crippen LogP) is 2.95. The fourth-order valence-electron chi connectivity index (χ4n) is 4.63. The molecule has 4 aromatic rings. The first-order chi connectivity index (χ1) is 15.3. The van der Waals surface area contributed by atoms with Crippen LogP contribution in [0.3, 0.4) is 0 Å². The normalized spacial score (nSPS) is 16.6. The Morgan fingerprint density at radius 1 is 0.903 bits per heavy atom. The molecule has 0 saturated carbocycles. The van der Waals surface area contributed by atoms with Crippen LogP contribution in [0.2, 0.25) is 0 Å². The lowest BCUT2D eigenvalue weighted by atomic mass is 9.95. The van der Waals surface area contributed by atoms with Gasteiger partial charge in [0, 0.05) is 24.1 Å². The van der Waals surface area contributed by atoms with Gasteiger partial charge in [0.05, 0.1) is 6.54 Å². The van der Waals surface area contributed by atoms with E-state index in [2.05, 4.69) is 101 Å². The van der Waals surface area contributed by atoms with E-state index in [9.17, 15) is 0 Å². The Kier molecular flexibility index (Phi) is 5.59. The van der Waals surface area contributed by atoms with Crippen LogP contribution in [0.15, 0.2) is 78.9 Å². The van der Waals surface area contributed by atoms with Crippen LogP contribution >= 0.6 is 0 Å². The molecule has 1 aliphatic heterocycles. The number of tetrazole rings is 1. The highest BCUT2D eigenvalue weighted by Crippen LogP contribution is 2.21. The topological polar surface area (TPSA) is 48.0 Å². The maximum atomic E-state index is 4.54. The molecular formula is C26H28N5+. The minimum Gasteiger partial charge on any atom is -0.318 e. The maximum Gasteiger partial charge on any atom is 0.214 e. The van der Waals surface area contributed by atoms with Crippen LogP contribution in [-0.4, -0.2) is 26.8 Å². The lowest BCUT2D eigenvalue weighted by Crippen LogP contribution is -3.12. The summed E-state index contributed by atoms with van der Waals surface area (Å²) in [6.45, 7) is 4.96. The Bertz CT molecular complexity index is 1130. The van der Waals surface area contributed by atoms with Gasteiger partial charge in [0.2, 0.25) is 5.82 Å². The van der Waals surface area contributed by atoms with E-state index in [1.165, 1.54) is 32.7 Å². The first-order valence-electron chi connectivity index (χ1n) is 11.1. The Morgan fingerprint density at radius 3 is 2.45 bits per heavy atom. The molecule has 0 spiro atoms. The summed E-state index contributed by atoms with van der Waals surface area (Å²) in [6, 6.07) is 28.3. The standard InChI is InChI=1S/C26H27N5/c1-20-11-13-23(14-12-20)25(30-17-16-22-9-5-6-10-24(22)19-30)26-27-28-29-31(26)18-15-21-7-3-2-4-8-21/h2-14,25H,15-19H2,1H3/p+1/t25-/m0/s1. The molecule has 0 bridgehead atoms. The van der Waals surface area contributed by atoms with Gasteiger partial charge < -0.3 is 4.90 Å². The number of quaternary nitrogens is 1. The smallest absolute Gasteiger partial charge is 0.214 e. The van der Waals surface area contributed by atoms with Crippen molar-refractivity contribution in [2.45, 2.75) is 38.9 Å². The van der Waals surface area contributed by atoms with E-state index in [1.54, 1.807) is 0 Å². The highest BCUT2D eigenvalue weighted by Gasteiger charge is 2.33. The largest absolute Gasteiger partial charge is 0.318 e. The summed E-state index contributed by atoms with van der Waals surface area (Å²) in [5.74, 6) is 0.953. The zero-order valence-electron chi connectivity index (χ0n) is 17.9. The van der Waals surface area contributed by atoms with Gasteiger partial charge in [-0.25, -0.2) is 4.68 Å². The van der Waals surface area contributed by atoms with Crippen molar-refractivity contribution in [1.82, 2.24) is 20.2 Å². The van der Waals surface area contributed by atoms with E-state index >= 15 is 0 Å². The van der Waals surface area contributed by atoms with Crippen LogP contribution in [0.1, 0.15) is 39.7 Å². The molecule has 2 atom stereocenters. The van der Waals surface area contributed by atoms with Gasteiger partial charge in [-0.1, -0.05) is 84.4 Å². The second-order valence-corrected chi connectivity index (χ2v) is 8.44. The Morgan fingerprint density at radius 2 is 1.65 bits per heavy atom. The van der Waals surface area contributed by atoms with Crippen LogP contribution in [0.25, 0.3) is 0 Å².